The van der Waals surface area contributed by atoms with Crippen molar-refractivity contribution in [3.8, 4) is 0 Å². The Labute approximate surface area is 186 Å². The van der Waals surface area contributed by atoms with E-state index in [-0.39, 0.29) is 36.6 Å². The Morgan fingerprint density at radius 1 is 0.844 bits per heavy atom. The molecule has 2 aromatic rings. The van der Waals surface area contributed by atoms with Crippen molar-refractivity contribution in [3.05, 3.63) is 65.2 Å². The molecule has 0 spiro atoms. The number of esters is 2. The first-order chi connectivity index (χ1) is 15.2. The molecule has 10 heteroatoms. The average molecular weight is 461 g/mol. The van der Waals surface area contributed by atoms with E-state index in [4.69, 9.17) is 4.74 Å². The molecule has 1 saturated heterocycles. The number of aryl methyl sites for hydroxylation is 1. The number of methoxy groups -OCH3 is 1. The van der Waals surface area contributed by atoms with Crippen LogP contribution in [-0.4, -0.2) is 75.4 Å². The maximum Gasteiger partial charge on any atom is 0.338 e. The van der Waals surface area contributed by atoms with Crippen molar-refractivity contribution < 1.29 is 32.3 Å². The van der Waals surface area contributed by atoms with Crippen molar-refractivity contribution in [1.82, 2.24) is 9.21 Å². The largest absolute Gasteiger partial charge is 0.465 e. The summed E-state index contributed by atoms with van der Waals surface area (Å²) < 4.78 is 36.5. The van der Waals surface area contributed by atoms with Crippen LogP contribution in [0, 0.1) is 6.92 Å². The predicted octanol–water partition coefficient (Wildman–Crippen LogP) is 1.47. The fraction of sp³-hybridized carbons (Fsp3) is 0.318. The van der Waals surface area contributed by atoms with Gasteiger partial charge < -0.3 is 14.4 Å². The van der Waals surface area contributed by atoms with Gasteiger partial charge in [-0.3, -0.25) is 4.79 Å². The second-order valence-electron chi connectivity index (χ2n) is 7.24. The lowest BCUT2D eigenvalue weighted by Gasteiger charge is -2.33. The van der Waals surface area contributed by atoms with Gasteiger partial charge in [0, 0.05) is 26.2 Å². The number of nitrogens with zero attached hydrogens (tertiary/aromatic N) is 2. The van der Waals surface area contributed by atoms with Crippen LogP contribution >= 0.6 is 0 Å². The summed E-state index contributed by atoms with van der Waals surface area (Å²) in [6, 6.07) is 12.3. The minimum Gasteiger partial charge on any atom is -0.465 e. The van der Waals surface area contributed by atoms with E-state index < -0.39 is 34.5 Å². The van der Waals surface area contributed by atoms with Crippen LogP contribution in [0.1, 0.15) is 26.3 Å². The number of hydrogen-bond donors (Lipinski definition) is 0. The number of rotatable bonds is 6. The number of carbonyl (C=O) groups is 3. The third-order valence-corrected chi connectivity index (χ3v) is 7.03. The molecule has 170 valence electrons. The number of hydrogen-bond acceptors (Lipinski definition) is 7. The lowest BCUT2D eigenvalue weighted by atomic mass is 10.1. The normalized spacial score (nSPS) is 14.6. The van der Waals surface area contributed by atoms with Crippen molar-refractivity contribution in [2.45, 2.75) is 11.8 Å². The first-order valence-electron chi connectivity index (χ1n) is 9.92. The van der Waals surface area contributed by atoms with E-state index in [9.17, 15) is 22.8 Å². The Bertz CT molecular complexity index is 1090. The van der Waals surface area contributed by atoms with E-state index in [2.05, 4.69) is 4.74 Å². The zero-order valence-electron chi connectivity index (χ0n) is 17.8. The molecule has 9 nitrogen and oxygen atoms in total. The smallest absolute Gasteiger partial charge is 0.338 e. The van der Waals surface area contributed by atoms with Crippen molar-refractivity contribution >= 4 is 27.9 Å². The van der Waals surface area contributed by atoms with Gasteiger partial charge in [-0.05, 0) is 43.3 Å². The van der Waals surface area contributed by atoms with Gasteiger partial charge in [-0.1, -0.05) is 17.7 Å². The number of amides is 1. The number of piperazine rings is 1. The Balaban J connectivity index is 1.50. The molecule has 0 unspecified atom stereocenters. The minimum absolute atomic E-state index is 0.158. The Hall–Kier alpha value is -3.24. The van der Waals surface area contributed by atoms with Gasteiger partial charge in [0.15, 0.2) is 6.61 Å². The molecule has 1 aliphatic heterocycles. The van der Waals surface area contributed by atoms with Crippen LogP contribution < -0.4 is 0 Å². The van der Waals surface area contributed by atoms with Crippen molar-refractivity contribution in [2.24, 2.45) is 0 Å². The van der Waals surface area contributed by atoms with E-state index in [1.165, 1.54) is 40.6 Å². The van der Waals surface area contributed by atoms with Crippen LogP contribution in [-0.2, 0) is 24.3 Å². The number of carbonyl (C=O) groups excluding carboxylic acids is 3. The Morgan fingerprint density at radius 2 is 1.38 bits per heavy atom. The first-order valence-corrected chi connectivity index (χ1v) is 11.4. The van der Waals surface area contributed by atoms with Gasteiger partial charge in [-0.2, -0.15) is 4.31 Å². The molecule has 0 bridgehead atoms. The highest BCUT2D eigenvalue weighted by Gasteiger charge is 2.30. The summed E-state index contributed by atoms with van der Waals surface area (Å²) in [6.07, 6.45) is 0. The van der Waals surface area contributed by atoms with E-state index in [1.54, 1.807) is 24.3 Å². The summed E-state index contributed by atoms with van der Waals surface area (Å²) in [4.78, 5) is 37.7. The Morgan fingerprint density at radius 3 is 1.91 bits per heavy atom. The van der Waals surface area contributed by atoms with Gasteiger partial charge in [0.05, 0.1) is 23.1 Å². The molecule has 3 rings (SSSR count). The summed E-state index contributed by atoms with van der Waals surface area (Å²) in [5, 5.41) is 0. The molecule has 1 aliphatic rings. The number of sulfonamides is 1. The van der Waals surface area contributed by atoms with Crippen LogP contribution in [0.3, 0.4) is 0 Å². The molecular weight excluding hydrogens is 436 g/mol. The summed E-state index contributed by atoms with van der Waals surface area (Å²) in [5.41, 5.74) is 1.45. The van der Waals surface area contributed by atoms with Crippen LogP contribution in [0.2, 0.25) is 0 Å². The monoisotopic (exact) mass is 460 g/mol. The van der Waals surface area contributed by atoms with Gasteiger partial charge in [-0.15, -0.1) is 0 Å². The maximum atomic E-state index is 12.8. The van der Waals surface area contributed by atoms with Crippen LogP contribution in [0.15, 0.2) is 53.4 Å². The van der Waals surface area contributed by atoms with Crippen LogP contribution in [0.5, 0.6) is 0 Å². The van der Waals surface area contributed by atoms with Crippen LogP contribution in [0.4, 0.5) is 0 Å². The minimum atomic E-state index is -3.62. The molecule has 0 atom stereocenters. The molecule has 0 radical (unpaired) electrons. The molecular formula is C22H24N2O7S. The summed E-state index contributed by atoms with van der Waals surface area (Å²) in [6.45, 7) is 2.15. The number of ether oxygens (including phenoxy) is 2. The van der Waals surface area contributed by atoms with Crippen LogP contribution in [0.25, 0.3) is 0 Å². The molecule has 0 saturated carbocycles. The summed E-state index contributed by atoms with van der Waals surface area (Å²) in [5.74, 6) is -1.63. The first kappa shape index (κ1) is 23.4. The lowest BCUT2D eigenvalue weighted by molar-refractivity contribution is -0.135. The van der Waals surface area contributed by atoms with E-state index in [0.29, 0.717) is 5.56 Å². The second kappa shape index (κ2) is 9.92. The van der Waals surface area contributed by atoms with Crippen molar-refractivity contribution in [3.63, 3.8) is 0 Å². The molecule has 0 aliphatic carbocycles. The van der Waals surface area contributed by atoms with Gasteiger partial charge in [-0.25, -0.2) is 18.0 Å². The third-order valence-electron chi connectivity index (χ3n) is 5.12. The summed E-state index contributed by atoms with van der Waals surface area (Å²) in [7, 11) is -2.37. The third kappa shape index (κ3) is 5.32. The highest BCUT2D eigenvalue weighted by atomic mass is 32.2. The molecule has 32 heavy (non-hydrogen) atoms. The zero-order chi connectivity index (χ0) is 23.3. The van der Waals surface area contributed by atoms with E-state index in [0.717, 1.165) is 5.56 Å². The molecule has 0 N–H and O–H groups in total. The lowest BCUT2D eigenvalue weighted by Crippen LogP contribution is -2.51. The predicted molar refractivity (Wildman–Crippen MR) is 115 cm³/mol. The molecule has 0 aromatic heterocycles. The fourth-order valence-corrected chi connectivity index (χ4v) is 4.62. The highest BCUT2D eigenvalue weighted by molar-refractivity contribution is 7.89. The van der Waals surface area contributed by atoms with Crippen molar-refractivity contribution in [2.75, 3.05) is 39.9 Å². The highest BCUT2D eigenvalue weighted by Crippen LogP contribution is 2.18. The quantitative estimate of drug-likeness (QED) is 0.601. The standard InChI is InChI=1S/C22H24N2O7S/c1-16-3-9-19(10-4-16)32(28,29)24-13-11-23(12-14-24)20(25)15-31-22(27)18-7-5-17(6-8-18)21(26)30-2/h3-10H,11-15H2,1-2H3. The fourth-order valence-electron chi connectivity index (χ4n) is 3.20. The maximum absolute atomic E-state index is 12.8. The summed E-state index contributed by atoms with van der Waals surface area (Å²) >= 11 is 0. The Kier molecular flexibility index (Phi) is 7.26. The van der Waals surface area contributed by atoms with Gasteiger partial charge in [0.2, 0.25) is 10.0 Å². The van der Waals surface area contributed by atoms with E-state index >= 15 is 0 Å². The van der Waals surface area contributed by atoms with Gasteiger partial charge >= 0.3 is 11.9 Å². The molecule has 1 fully saturated rings. The van der Waals surface area contributed by atoms with Crippen molar-refractivity contribution in [1.29, 1.82) is 0 Å². The molecule has 1 amide bonds. The molecule has 2 aromatic carbocycles. The topological polar surface area (TPSA) is 110 Å². The van der Waals surface area contributed by atoms with E-state index in [1.807, 2.05) is 6.92 Å². The van der Waals surface area contributed by atoms with Gasteiger partial charge in [0.1, 0.15) is 0 Å². The number of benzene rings is 2. The van der Waals surface area contributed by atoms with Gasteiger partial charge in [0.25, 0.3) is 5.91 Å². The molecule has 1 heterocycles. The zero-order valence-corrected chi connectivity index (χ0v) is 18.6. The SMILES string of the molecule is COC(=O)c1ccc(C(=O)OCC(=O)N2CCN(S(=O)(=O)c3ccc(C)cc3)CC2)cc1. The average Bonchev–Trinajstić information content (AvgIpc) is 2.82. The second-order valence-corrected chi connectivity index (χ2v) is 9.18.